The molecule has 0 amide bonds. The van der Waals surface area contributed by atoms with Crippen LogP contribution in [0, 0.1) is 10.1 Å². The highest BCUT2D eigenvalue weighted by atomic mass is 35.5. The first-order valence-electron chi connectivity index (χ1n) is 6.05. The average Bonchev–Trinajstić information content (AvgIpc) is 2.48. The van der Waals surface area contributed by atoms with Crippen molar-refractivity contribution in [1.82, 2.24) is 0 Å². The molecule has 0 radical (unpaired) electrons. The minimum Gasteiger partial charge on any atom is -0.545 e. The van der Waals surface area contributed by atoms with Crippen LogP contribution in [-0.2, 0) is 0 Å². The number of carbonyl (C=O) groups excluding carboxylic acids is 1. The number of hydrogen-bond donors (Lipinski definition) is 0. The summed E-state index contributed by atoms with van der Waals surface area (Å²) in [6, 6.07) is 6.27. The molecule has 0 atom stereocenters. The number of aromatic carboxylic acids is 1. The van der Waals surface area contributed by atoms with Crippen LogP contribution < -0.4 is 9.84 Å². The van der Waals surface area contributed by atoms with Gasteiger partial charge in [-0.05, 0) is 30.3 Å². The summed E-state index contributed by atoms with van der Waals surface area (Å²) >= 11 is 5.81. The van der Waals surface area contributed by atoms with Gasteiger partial charge in [-0.1, -0.05) is 11.6 Å². The van der Waals surface area contributed by atoms with Gasteiger partial charge in [-0.25, -0.2) is 8.78 Å². The number of halogens is 3. The summed E-state index contributed by atoms with van der Waals surface area (Å²) in [5, 5.41) is 21.6. The molecule has 23 heavy (non-hydrogen) atoms. The van der Waals surface area contributed by atoms with Crippen molar-refractivity contribution in [2.24, 2.45) is 0 Å². The van der Waals surface area contributed by atoms with Crippen molar-refractivity contribution >= 4 is 23.3 Å². The maximum absolute atomic E-state index is 12.5. The number of hydrogen-bond acceptors (Lipinski definition) is 5. The highest BCUT2D eigenvalue weighted by Gasteiger charge is 2.17. The van der Waals surface area contributed by atoms with Gasteiger partial charge >= 0.3 is 0 Å². The summed E-state index contributed by atoms with van der Waals surface area (Å²) in [7, 11) is 0. The van der Waals surface area contributed by atoms with E-state index in [0.717, 1.165) is 30.3 Å². The molecule has 2 rings (SSSR count). The van der Waals surface area contributed by atoms with E-state index in [9.17, 15) is 28.8 Å². The number of benzene rings is 2. The van der Waals surface area contributed by atoms with Crippen molar-refractivity contribution in [2.75, 3.05) is 0 Å². The highest BCUT2D eigenvalue weighted by molar-refractivity contribution is 6.32. The largest absolute Gasteiger partial charge is 0.545 e. The lowest BCUT2D eigenvalue weighted by molar-refractivity contribution is -0.385. The zero-order valence-corrected chi connectivity index (χ0v) is 11.9. The monoisotopic (exact) mass is 342 g/mol. The van der Waals surface area contributed by atoms with Crippen LogP contribution in [0.15, 0.2) is 36.4 Å². The van der Waals surface area contributed by atoms with Crippen molar-refractivity contribution in [1.29, 1.82) is 0 Å². The second kappa shape index (κ2) is 6.57. The summed E-state index contributed by atoms with van der Waals surface area (Å²) in [6.45, 7) is 0. The molecule has 9 heteroatoms. The number of carboxylic acid groups (broad SMARTS) is 1. The Bertz CT molecular complexity index is 782. The summed E-state index contributed by atoms with van der Waals surface area (Å²) in [5.41, 5.74) is -1.63. The van der Waals surface area contributed by atoms with E-state index >= 15 is 0 Å². The lowest BCUT2D eigenvalue weighted by Crippen LogP contribution is -2.23. The molecule has 0 saturated carbocycles. The molecule has 0 aliphatic rings. The van der Waals surface area contributed by atoms with Crippen LogP contribution >= 0.6 is 11.6 Å². The van der Waals surface area contributed by atoms with Gasteiger partial charge < -0.3 is 14.6 Å². The molecular weight excluding hydrogens is 336 g/mol. The van der Waals surface area contributed by atoms with Crippen LogP contribution in [0.5, 0.6) is 11.5 Å². The lowest BCUT2D eigenvalue weighted by Gasteiger charge is -2.11. The number of carbonyl (C=O) groups is 1. The van der Waals surface area contributed by atoms with Crippen molar-refractivity contribution in [3.05, 3.63) is 62.7 Å². The molecule has 0 spiro atoms. The van der Waals surface area contributed by atoms with Crippen molar-refractivity contribution < 1.29 is 28.3 Å². The van der Waals surface area contributed by atoms with E-state index in [1.807, 2.05) is 0 Å². The molecule has 2 aromatic carbocycles. The fraction of sp³-hybridized carbons (Fsp3) is 0.0714. The molecule has 0 heterocycles. The van der Waals surface area contributed by atoms with Crippen LogP contribution in [-0.4, -0.2) is 10.9 Å². The number of nitro groups is 1. The third-order valence-electron chi connectivity index (χ3n) is 2.82. The smallest absolute Gasteiger partial charge is 0.278 e. The third-order valence-corrected chi connectivity index (χ3v) is 3.12. The minimum atomic E-state index is -2.70. The van der Waals surface area contributed by atoms with Crippen molar-refractivity contribution in [2.45, 2.75) is 6.43 Å². The zero-order valence-electron chi connectivity index (χ0n) is 11.2. The maximum atomic E-state index is 12.5. The first-order valence-corrected chi connectivity index (χ1v) is 6.42. The molecule has 0 unspecified atom stereocenters. The Balaban J connectivity index is 2.35. The van der Waals surface area contributed by atoms with Gasteiger partial charge in [0.25, 0.3) is 12.1 Å². The molecule has 0 N–H and O–H groups in total. The second-order valence-electron chi connectivity index (χ2n) is 4.32. The lowest BCUT2D eigenvalue weighted by atomic mass is 10.1. The normalized spacial score (nSPS) is 10.6. The van der Waals surface area contributed by atoms with Gasteiger partial charge in [0.1, 0.15) is 11.5 Å². The standard InChI is InChI=1S/C14H8ClF2NO5/c15-10-5-7(13(16)17)1-4-12(10)23-8-2-3-11(18(21)22)9(6-8)14(19)20/h1-6,13H,(H,19,20)/p-1. The Morgan fingerprint density at radius 2 is 1.91 bits per heavy atom. The topological polar surface area (TPSA) is 92.5 Å². The maximum Gasteiger partial charge on any atom is 0.278 e. The number of carboxylic acids is 1. The van der Waals surface area contributed by atoms with E-state index in [-0.39, 0.29) is 22.1 Å². The van der Waals surface area contributed by atoms with E-state index in [0.29, 0.717) is 0 Å². The molecule has 120 valence electrons. The van der Waals surface area contributed by atoms with Crippen LogP contribution in [0.1, 0.15) is 22.3 Å². The molecule has 0 aliphatic heterocycles. The summed E-state index contributed by atoms with van der Waals surface area (Å²) in [6.07, 6.45) is -2.70. The van der Waals surface area contributed by atoms with E-state index in [1.54, 1.807) is 0 Å². The van der Waals surface area contributed by atoms with Gasteiger partial charge in [0.05, 0.1) is 21.5 Å². The van der Waals surface area contributed by atoms with E-state index in [4.69, 9.17) is 16.3 Å². The number of alkyl halides is 2. The Kier molecular flexibility index (Phi) is 4.75. The molecule has 0 fully saturated rings. The number of nitro benzene ring substituents is 1. The van der Waals surface area contributed by atoms with E-state index in [1.165, 1.54) is 6.07 Å². The van der Waals surface area contributed by atoms with Crippen LogP contribution in [0.2, 0.25) is 5.02 Å². The van der Waals surface area contributed by atoms with E-state index < -0.39 is 28.6 Å². The first kappa shape index (κ1) is 16.6. The third kappa shape index (κ3) is 3.72. The number of rotatable bonds is 5. The quantitative estimate of drug-likeness (QED) is 0.613. The Morgan fingerprint density at radius 3 is 2.43 bits per heavy atom. The van der Waals surface area contributed by atoms with Gasteiger partial charge in [-0.15, -0.1) is 0 Å². The fourth-order valence-corrected chi connectivity index (χ4v) is 1.99. The molecule has 0 aromatic heterocycles. The van der Waals surface area contributed by atoms with Gasteiger partial charge in [0.15, 0.2) is 0 Å². The van der Waals surface area contributed by atoms with Crippen molar-refractivity contribution in [3.63, 3.8) is 0 Å². The molecule has 6 nitrogen and oxygen atoms in total. The molecule has 0 saturated heterocycles. The molecule has 0 aliphatic carbocycles. The van der Waals surface area contributed by atoms with Crippen LogP contribution in [0.4, 0.5) is 14.5 Å². The summed E-state index contributed by atoms with van der Waals surface area (Å²) in [4.78, 5) is 20.8. The SMILES string of the molecule is O=C([O-])c1cc(Oc2ccc(C(F)F)cc2Cl)ccc1[N+](=O)[O-]. The first-order chi connectivity index (χ1) is 10.8. The second-order valence-corrected chi connectivity index (χ2v) is 4.72. The summed E-state index contributed by atoms with van der Waals surface area (Å²) in [5.74, 6) is -1.82. The molecule has 0 bridgehead atoms. The van der Waals surface area contributed by atoms with Crippen LogP contribution in [0.3, 0.4) is 0 Å². The average molecular weight is 343 g/mol. The van der Waals surface area contributed by atoms with Crippen LogP contribution in [0.25, 0.3) is 0 Å². The van der Waals surface area contributed by atoms with Gasteiger partial charge in [-0.3, -0.25) is 10.1 Å². The van der Waals surface area contributed by atoms with Gasteiger partial charge in [0, 0.05) is 11.6 Å². The van der Waals surface area contributed by atoms with Gasteiger partial charge in [-0.2, -0.15) is 0 Å². The Labute approximate surface area is 133 Å². The Hall–Kier alpha value is -2.74. The molecule has 2 aromatic rings. The van der Waals surface area contributed by atoms with Crippen molar-refractivity contribution in [3.8, 4) is 11.5 Å². The predicted octanol–water partition coefficient (Wildman–Crippen LogP) is 3.34. The Morgan fingerprint density at radius 1 is 1.22 bits per heavy atom. The molecular formula is C14H7ClF2NO5-. The minimum absolute atomic E-state index is 0.00535. The zero-order chi connectivity index (χ0) is 17.1. The summed E-state index contributed by atoms with van der Waals surface area (Å²) < 4.78 is 30.3. The predicted molar refractivity (Wildman–Crippen MR) is 73.9 cm³/mol. The van der Waals surface area contributed by atoms with Gasteiger partial charge in [0.2, 0.25) is 0 Å². The highest BCUT2D eigenvalue weighted by Crippen LogP contribution is 2.34. The number of ether oxygens (including phenoxy) is 1. The van der Waals surface area contributed by atoms with E-state index in [2.05, 4.69) is 0 Å². The fourth-order valence-electron chi connectivity index (χ4n) is 1.76. The number of nitrogens with zero attached hydrogens (tertiary/aromatic N) is 1.